The van der Waals surface area contributed by atoms with E-state index in [-0.39, 0.29) is 18.4 Å². The summed E-state index contributed by atoms with van der Waals surface area (Å²) in [5, 5.41) is 12.3. The highest BCUT2D eigenvalue weighted by molar-refractivity contribution is 5.89. The summed E-state index contributed by atoms with van der Waals surface area (Å²) in [5.74, 6) is -1.26. The third-order valence-electron chi connectivity index (χ3n) is 3.95. The molecule has 2 unspecified atom stereocenters. The quantitative estimate of drug-likeness (QED) is 0.836. The van der Waals surface area contributed by atoms with Crippen LogP contribution in [0.15, 0.2) is 30.3 Å². The summed E-state index contributed by atoms with van der Waals surface area (Å²) in [6.45, 7) is 2.76. The molecule has 2 N–H and O–H groups in total. The maximum atomic E-state index is 12.1. The van der Waals surface area contributed by atoms with E-state index < -0.39 is 11.4 Å². The van der Waals surface area contributed by atoms with Crippen molar-refractivity contribution in [2.45, 2.75) is 37.7 Å². The smallest absolute Gasteiger partial charge is 0.314 e. The molecule has 0 radical (unpaired) electrons. The van der Waals surface area contributed by atoms with Crippen molar-refractivity contribution in [3.63, 3.8) is 0 Å². The van der Waals surface area contributed by atoms with E-state index in [0.29, 0.717) is 12.1 Å². The van der Waals surface area contributed by atoms with Gasteiger partial charge in [0.15, 0.2) is 0 Å². The van der Waals surface area contributed by atoms with E-state index in [2.05, 4.69) is 5.32 Å². The maximum absolute atomic E-state index is 12.1. The van der Waals surface area contributed by atoms with E-state index in [4.69, 9.17) is 4.74 Å². The minimum absolute atomic E-state index is 0.0572. The van der Waals surface area contributed by atoms with Crippen LogP contribution in [0.2, 0.25) is 0 Å². The van der Waals surface area contributed by atoms with Gasteiger partial charge in [0, 0.05) is 19.6 Å². The van der Waals surface area contributed by atoms with Crippen LogP contribution in [0.25, 0.3) is 0 Å². The van der Waals surface area contributed by atoms with Crippen LogP contribution in [0, 0.1) is 0 Å². The van der Waals surface area contributed by atoms with E-state index in [0.717, 1.165) is 19.4 Å². The lowest BCUT2D eigenvalue weighted by Crippen LogP contribution is -2.40. The van der Waals surface area contributed by atoms with E-state index in [9.17, 15) is 14.7 Å². The predicted molar refractivity (Wildman–Crippen MR) is 78.0 cm³/mol. The Kier molecular flexibility index (Phi) is 4.96. The molecule has 0 aromatic heterocycles. The molecule has 0 bridgehead atoms. The molecule has 1 amide bonds. The summed E-state index contributed by atoms with van der Waals surface area (Å²) in [6, 6.07) is 8.85. The first-order valence-electron chi connectivity index (χ1n) is 7.19. The second-order valence-electron chi connectivity index (χ2n) is 5.62. The number of carbonyl (C=O) groups excluding carboxylic acids is 1. The fraction of sp³-hybridized carbons (Fsp3) is 0.500. The Hall–Kier alpha value is -1.88. The number of hydrogen-bond donors (Lipinski definition) is 2. The summed E-state index contributed by atoms with van der Waals surface area (Å²) in [4.78, 5) is 23.7. The van der Waals surface area contributed by atoms with E-state index in [1.165, 1.54) is 0 Å². The van der Waals surface area contributed by atoms with Crippen LogP contribution in [0.3, 0.4) is 0 Å². The van der Waals surface area contributed by atoms with Gasteiger partial charge >= 0.3 is 5.97 Å². The van der Waals surface area contributed by atoms with Crippen LogP contribution in [-0.4, -0.2) is 36.2 Å². The molecule has 5 heteroatoms. The zero-order valence-electron chi connectivity index (χ0n) is 12.2. The van der Waals surface area contributed by atoms with Crippen molar-refractivity contribution in [1.29, 1.82) is 0 Å². The van der Waals surface area contributed by atoms with Gasteiger partial charge in [-0.15, -0.1) is 0 Å². The van der Waals surface area contributed by atoms with Crippen LogP contribution in [-0.2, 0) is 19.7 Å². The van der Waals surface area contributed by atoms with Crippen molar-refractivity contribution in [3.05, 3.63) is 35.9 Å². The first-order chi connectivity index (χ1) is 10.0. The van der Waals surface area contributed by atoms with Gasteiger partial charge in [-0.1, -0.05) is 30.3 Å². The minimum Gasteiger partial charge on any atom is -0.481 e. The van der Waals surface area contributed by atoms with Gasteiger partial charge in [-0.05, 0) is 25.3 Å². The normalized spacial score (nSPS) is 20.7. The van der Waals surface area contributed by atoms with Gasteiger partial charge in [0.25, 0.3) is 0 Å². The third-order valence-corrected chi connectivity index (χ3v) is 3.95. The number of nitrogens with one attached hydrogen (secondary N) is 1. The van der Waals surface area contributed by atoms with Crippen molar-refractivity contribution in [3.8, 4) is 0 Å². The lowest BCUT2D eigenvalue weighted by molar-refractivity contribution is -0.145. The lowest BCUT2D eigenvalue weighted by Gasteiger charge is -2.25. The predicted octanol–water partition coefficient (Wildman–Crippen LogP) is 1.71. The molecule has 1 aromatic carbocycles. The Bertz CT molecular complexity index is 496. The van der Waals surface area contributed by atoms with Crippen molar-refractivity contribution in [2.24, 2.45) is 0 Å². The van der Waals surface area contributed by atoms with E-state index in [1.807, 2.05) is 6.07 Å². The van der Waals surface area contributed by atoms with Crippen molar-refractivity contribution in [2.75, 3.05) is 13.2 Å². The maximum Gasteiger partial charge on any atom is 0.314 e. The van der Waals surface area contributed by atoms with Crippen LogP contribution >= 0.6 is 0 Å². The average molecular weight is 291 g/mol. The lowest BCUT2D eigenvalue weighted by atomic mass is 9.79. The SMILES string of the molecule is CC(CC(=O)NCC1CCCO1)(C(=O)O)c1ccccc1. The van der Waals surface area contributed by atoms with Crippen LogP contribution in [0.4, 0.5) is 0 Å². The number of benzene rings is 1. The van der Waals surface area contributed by atoms with Crippen molar-refractivity contribution >= 4 is 11.9 Å². The monoisotopic (exact) mass is 291 g/mol. The number of rotatable bonds is 6. The van der Waals surface area contributed by atoms with Crippen LogP contribution in [0.1, 0.15) is 31.7 Å². The van der Waals surface area contributed by atoms with E-state index in [1.54, 1.807) is 31.2 Å². The Balaban J connectivity index is 1.99. The Morgan fingerprint density at radius 2 is 2.10 bits per heavy atom. The first-order valence-corrected chi connectivity index (χ1v) is 7.19. The summed E-state index contributed by atoms with van der Waals surface area (Å²) in [6.07, 6.45) is 1.92. The molecule has 0 saturated carbocycles. The van der Waals surface area contributed by atoms with Gasteiger partial charge in [-0.2, -0.15) is 0 Å². The molecule has 1 heterocycles. The highest BCUT2D eigenvalue weighted by atomic mass is 16.5. The van der Waals surface area contributed by atoms with Crippen molar-refractivity contribution in [1.82, 2.24) is 5.32 Å². The van der Waals surface area contributed by atoms with Gasteiger partial charge in [-0.25, -0.2) is 0 Å². The number of carboxylic acid groups (broad SMARTS) is 1. The Morgan fingerprint density at radius 1 is 1.38 bits per heavy atom. The fourth-order valence-electron chi connectivity index (χ4n) is 2.52. The van der Waals surface area contributed by atoms with Crippen molar-refractivity contribution < 1.29 is 19.4 Å². The second kappa shape index (κ2) is 6.72. The van der Waals surface area contributed by atoms with Crippen LogP contribution < -0.4 is 5.32 Å². The number of carboxylic acids is 1. The topological polar surface area (TPSA) is 75.6 Å². The number of aliphatic carboxylic acids is 1. The summed E-state index contributed by atoms with van der Waals surface area (Å²) < 4.78 is 5.43. The van der Waals surface area contributed by atoms with Gasteiger partial charge in [0.1, 0.15) is 0 Å². The summed E-state index contributed by atoms with van der Waals surface area (Å²) >= 11 is 0. The van der Waals surface area contributed by atoms with Gasteiger partial charge in [0.2, 0.25) is 5.91 Å². The summed E-state index contributed by atoms with van der Waals surface area (Å²) in [5.41, 5.74) is -0.591. The number of hydrogen-bond acceptors (Lipinski definition) is 3. The molecule has 0 spiro atoms. The minimum atomic E-state index is -1.22. The number of ether oxygens (including phenoxy) is 1. The Labute approximate surface area is 124 Å². The zero-order valence-corrected chi connectivity index (χ0v) is 12.2. The van der Waals surface area contributed by atoms with E-state index >= 15 is 0 Å². The highest BCUT2D eigenvalue weighted by Crippen LogP contribution is 2.28. The highest BCUT2D eigenvalue weighted by Gasteiger charge is 2.37. The Morgan fingerprint density at radius 3 is 2.67 bits per heavy atom. The van der Waals surface area contributed by atoms with Crippen LogP contribution in [0.5, 0.6) is 0 Å². The first kappa shape index (κ1) is 15.5. The summed E-state index contributed by atoms with van der Waals surface area (Å²) in [7, 11) is 0. The number of carbonyl (C=O) groups is 2. The molecular formula is C16H21NO4. The standard InChI is InChI=1S/C16H21NO4/c1-16(15(19)20,12-6-3-2-4-7-12)10-14(18)17-11-13-8-5-9-21-13/h2-4,6-7,13H,5,8-11H2,1H3,(H,17,18)(H,19,20). The molecular weight excluding hydrogens is 270 g/mol. The van der Waals surface area contributed by atoms with Gasteiger partial charge in [0.05, 0.1) is 11.5 Å². The average Bonchev–Trinajstić information content (AvgIpc) is 2.99. The molecule has 0 aliphatic carbocycles. The molecule has 1 aromatic rings. The molecule has 114 valence electrons. The molecule has 21 heavy (non-hydrogen) atoms. The third kappa shape index (κ3) is 3.82. The molecule has 1 saturated heterocycles. The molecule has 1 aliphatic rings. The molecule has 1 aliphatic heterocycles. The zero-order chi connectivity index (χ0) is 15.3. The molecule has 2 rings (SSSR count). The fourth-order valence-corrected chi connectivity index (χ4v) is 2.52. The molecule has 5 nitrogen and oxygen atoms in total. The second-order valence-corrected chi connectivity index (χ2v) is 5.62. The van der Waals surface area contributed by atoms with Gasteiger partial charge < -0.3 is 15.2 Å². The number of amides is 1. The van der Waals surface area contributed by atoms with Gasteiger partial charge in [-0.3, -0.25) is 9.59 Å². The molecule has 1 fully saturated rings. The molecule has 2 atom stereocenters. The largest absolute Gasteiger partial charge is 0.481 e.